The molecule has 0 radical (unpaired) electrons. The topological polar surface area (TPSA) is 195 Å². The number of carboxylic acid groups (broad SMARTS) is 1. The second kappa shape index (κ2) is 16.3. The second-order valence-electron chi connectivity index (χ2n) is 11.4. The van der Waals surface area contributed by atoms with Crippen molar-refractivity contribution < 1.29 is 42.7 Å². The highest BCUT2D eigenvalue weighted by atomic mass is 19.1. The molecule has 4 aromatic rings. The molecule has 14 nitrogen and oxygen atoms in total. The van der Waals surface area contributed by atoms with Crippen molar-refractivity contribution in [3.63, 3.8) is 0 Å². The lowest BCUT2D eigenvalue weighted by Crippen LogP contribution is -2.48. The molecule has 2 aromatic heterocycles. The first-order valence-corrected chi connectivity index (χ1v) is 15.6. The zero-order valence-corrected chi connectivity index (χ0v) is 26.4. The second-order valence-corrected chi connectivity index (χ2v) is 11.4. The lowest BCUT2D eigenvalue weighted by Gasteiger charge is -2.22. The summed E-state index contributed by atoms with van der Waals surface area (Å²) in [6.45, 7) is 3.41. The van der Waals surface area contributed by atoms with Crippen molar-refractivity contribution in [2.24, 2.45) is 0 Å². The van der Waals surface area contributed by atoms with E-state index in [1.54, 1.807) is 0 Å². The van der Waals surface area contributed by atoms with Gasteiger partial charge >= 0.3 is 12.1 Å². The molecular formula is C34H35FN6O8. The van der Waals surface area contributed by atoms with Gasteiger partial charge in [-0.3, -0.25) is 19.4 Å². The van der Waals surface area contributed by atoms with E-state index in [1.807, 2.05) is 30.3 Å². The average Bonchev–Trinajstić information content (AvgIpc) is 3.83. The van der Waals surface area contributed by atoms with Crippen LogP contribution in [0.4, 0.5) is 9.18 Å². The zero-order chi connectivity index (χ0) is 34.8. The van der Waals surface area contributed by atoms with Gasteiger partial charge in [0.15, 0.2) is 5.82 Å². The summed E-state index contributed by atoms with van der Waals surface area (Å²) in [4.78, 5) is 59.4. The van der Waals surface area contributed by atoms with Crippen LogP contribution in [0.15, 0.2) is 71.9 Å². The molecule has 0 spiro atoms. The summed E-state index contributed by atoms with van der Waals surface area (Å²) >= 11 is 0. The summed E-state index contributed by atoms with van der Waals surface area (Å²) in [5.41, 5.74) is 0.946. The lowest BCUT2D eigenvalue weighted by molar-refractivity contribution is -0.139. The van der Waals surface area contributed by atoms with Crippen molar-refractivity contribution in [2.45, 2.75) is 50.1 Å². The smallest absolute Gasteiger partial charge is 0.407 e. The Kier molecular flexibility index (Phi) is 11.5. The lowest BCUT2D eigenvalue weighted by atomic mass is 10.0. The maximum atomic E-state index is 14.4. The molecule has 0 unspecified atom stereocenters. The first kappa shape index (κ1) is 34.5. The number of fused-ring (bicyclic) bond motifs is 1. The summed E-state index contributed by atoms with van der Waals surface area (Å²) in [7, 11) is 0. The zero-order valence-electron chi connectivity index (χ0n) is 26.4. The van der Waals surface area contributed by atoms with E-state index in [1.165, 1.54) is 18.2 Å². The van der Waals surface area contributed by atoms with Gasteiger partial charge in [0, 0.05) is 24.3 Å². The van der Waals surface area contributed by atoms with Crippen molar-refractivity contribution in [2.75, 3.05) is 19.8 Å². The Morgan fingerprint density at radius 3 is 2.65 bits per heavy atom. The van der Waals surface area contributed by atoms with E-state index in [2.05, 4.69) is 37.7 Å². The number of nitrogens with zero attached hydrogens (tertiary/aromatic N) is 3. The third-order valence-electron chi connectivity index (χ3n) is 7.50. The van der Waals surface area contributed by atoms with Crippen LogP contribution in [0.3, 0.4) is 0 Å². The minimum absolute atomic E-state index is 0.0122. The van der Waals surface area contributed by atoms with Crippen LogP contribution in [0.1, 0.15) is 52.8 Å². The van der Waals surface area contributed by atoms with E-state index in [-0.39, 0.29) is 48.4 Å². The Bertz CT molecular complexity index is 1810. The van der Waals surface area contributed by atoms with Crippen molar-refractivity contribution in [3.05, 3.63) is 96.0 Å². The fraction of sp³-hybridized carbons (Fsp3) is 0.324. The van der Waals surface area contributed by atoms with Gasteiger partial charge in [0.25, 0.3) is 5.91 Å². The van der Waals surface area contributed by atoms with E-state index < -0.39 is 48.2 Å². The molecule has 5 rings (SSSR count). The number of nitrogens with one attached hydrogen (secondary N) is 3. The number of halogens is 1. The SMILES string of the molecule is C=CCOC(=O)N[C@@H](COc1ccc2ncc(F)cc2c1C(=O)N[C@@H](CC(=O)O)C(=O)NCCc1nc(C2CC2)no1)Cc1ccccc1. The first-order valence-electron chi connectivity index (χ1n) is 15.6. The van der Waals surface area contributed by atoms with Crippen LogP contribution in [0, 0.1) is 5.82 Å². The third kappa shape index (κ3) is 9.82. The van der Waals surface area contributed by atoms with Crippen molar-refractivity contribution >= 4 is 34.8 Å². The van der Waals surface area contributed by atoms with Crippen molar-refractivity contribution in [3.8, 4) is 5.75 Å². The largest absolute Gasteiger partial charge is 0.491 e. The van der Waals surface area contributed by atoms with E-state index >= 15 is 0 Å². The van der Waals surface area contributed by atoms with Crippen LogP contribution in [-0.4, -0.2) is 76.0 Å². The number of benzene rings is 2. The third-order valence-corrected chi connectivity index (χ3v) is 7.50. The molecule has 15 heteroatoms. The number of aromatic nitrogens is 3. The van der Waals surface area contributed by atoms with Gasteiger partial charge in [-0.15, -0.1) is 0 Å². The number of hydrogen-bond acceptors (Lipinski definition) is 10. The number of hydrogen-bond donors (Lipinski definition) is 4. The molecule has 1 fully saturated rings. The fourth-order valence-electron chi connectivity index (χ4n) is 5.00. The highest BCUT2D eigenvalue weighted by molar-refractivity contribution is 6.10. The minimum atomic E-state index is -1.51. The number of rotatable bonds is 17. The fourth-order valence-corrected chi connectivity index (χ4v) is 5.00. The van der Waals surface area contributed by atoms with Crippen molar-refractivity contribution in [1.82, 2.24) is 31.1 Å². The molecule has 3 amide bonds. The normalized spacial score (nSPS) is 13.6. The maximum Gasteiger partial charge on any atom is 0.407 e. The molecule has 2 aromatic carbocycles. The van der Waals surface area contributed by atoms with Gasteiger partial charge in [-0.1, -0.05) is 48.1 Å². The Labute approximate surface area is 280 Å². The number of carbonyl (C=O) groups excluding carboxylic acids is 3. The van der Waals surface area contributed by atoms with Gasteiger partial charge < -0.3 is 35.1 Å². The van der Waals surface area contributed by atoms with Crippen LogP contribution in [0.5, 0.6) is 5.75 Å². The Morgan fingerprint density at radius 1 is 1.12 bits per heavy atom. The molecule has 256 valence electrons. The highest BCUT2D eigenvalue weighted by Crippen LogP contribution is 2.38. The number of alkyl carbamates (subject to hydrolysis) is 1. The van der Waals surface area contributed by atoms with Gasteiger partial charge in [0.1, 0.15) is 30.8 Å². The quantitative estimate of drug-likeness (QED) is 0.120. The minimum Gasteiger partial charge on any atom is -0.491 e. The molecule has 49 heavy (non-hydrogen) atoms. The molecule has 1 aliphatic rings. The van der Waals surface area contributed by atoms with Crippen molar-refractivity contribution in [1.29, 1.82) is 0 Å². The Hall–Kier alpha value is -5.86. The van der Waals surface area contributed by atoms with Crippen LogP contribution in [-0.2, 0) is 27.2 Å². The number of amides is 3. The highest BCUT2D eigenvalue weighted by Gasteiger charge is 2.30. The molecule has 0 saturated heterocycles. The molecule has 2 atom stereocenters. The summed E-state index contributed by atoms with van der Waals surface area (Å²) in [5.74, 6) is -2.54. The maximum absolute atomic E-state index is 14.4. The van der Waals surface area contributed by atoms with Gasteiger partial charge in [0.05, 0.1) is 29.7 Å². The van der Waals surface area contributed by atoms with Gasteiger partial charge in [-0.2, -0.15) is 4.98 Å². The standard InChI is InChI=1S/C34H35FN6O8/c1-2-14-47-34(46)38-23(15-20-6-4-3-5-7-20)19-48-27-11-10-25-24(16-22(35)18-37-25)30(27)33(45)39-26(17-29(42)43)32(44)36-13-12-28-40-31(41-49-28)21-8-9-21/h2-7,10-11,16,18,21,23,26H,1,8-9,12-15,17,19H2,(H,36,44)(H,38,46)(H,39,45)(H,42,43)/t23-,26+/m1/s1. The molecular weight excluding hydrogens is 639 g/mol. The van der Waals surface area contributed by atoms with E-state index in [4.69, 9.17) is 14.0 Å². The van der Waals surface area contributed by atoms with E-state index in [0.717, 1.165) is 30.7 Å². The molecule has 4 N–H and O–H groups in total. The van der Waals surface area contributed by atoms with E-state index in [9.17, 15) is 28.7 Å². The monoisotopic (exact) mass is 674 g/mol. The number of ether oxygens (including phenoxy) is 2. The average molecular weight is 675 g/mol. The van der Waals surface area contributed by atoms with Crippen LogP contribution in [0.25, 0.3) is 10.9 Å². The van der Waals surface area contributed by atoms with Crippen LogP contribution in [0.2, 0.25) is 0 Å². The molecule has 1 saturated carbocycles. The predicted octanol–water partition coefficient (Wildman–Crippen LogP) is 3.47. The Balaban J connectivity index is 1.34. The van der Waals surface area contributed by atoms with Gasteiger partial charge in [-0.25, -0.2) is 9.18 Å². The summed E-state index contributed by atoms with van der Waals surface area (Å²) in [6, 6.07) is 11.2. The Morgan fingerprint density at radius 2 is 1.92 bits per heavy atom. The molecule has 0 aliphatic heterocycles. The summed E-state index contributed by atoms with van der Waals surface area (Å²) in [5, 5.41) is 21.3. The predicted molar refractivity (Wildman–Crippen MR) is 172 cm³/mol. The number of carbonyl (C=O) groups is 4. The van der Waals surface area contributed by atoms with Gasteiger partial charge in [0.2, 0.25) is 11.8 Å². The molecule has 2 heterocycles. The van der Waals surface area contributed by atoms with Gasteiger partial charge in [-0.05, 0) is 43.0 Å². The molecule has 1 aliphatic carbocycles. The number of carboxylic acids is 1. The van der Waals surface area contributed by atoms with Crippen LogP contribution < -0.4 is 20.7 Å². The van der Waals surface area contributed by atoms with E-state index in [0.29, 0.717) is 24.1 Å². The number of aliphatic carboxylic acids is 1. The first-order chi connectivity index (χ1) is 23.7. The summed E-state index contributed by atoms with van der Waals surface area (Å²) < 4.78 is 30.8. The summed E-state index contributed by atoms with van der Waals surface area (Å²) in [6.07, 6.45) is 3.47. The molecule has 0 bridgehead atoms. The van der Waals surface area contributed by atoms with Crippen LogP contribution >= 0.6 is 0 Å². The number of pyridine rings is 1.